The molecular formula is C18H26FNO2. The number of hydrogen-bond donors (Lipinski definition) is 0. The van der Waals surface area contributed by atoms with Gasteiger partial charge in [-0.15, -0.1) is 0 Å². The number of benzene rings is 1. The topological polar surface area (TPSA) is 29.5 Å². The molecule has 3 nitrogen and oxygen atoms in total. The molecule has 4 heteroatoms. The van der Waals surface area contributed by atoms with Crippen LogP contribution in [0.5, 0.6) is 0 Å². The van der Waals surface area contributed by atoms with Gasteiger partial charge in [-0.05, 0) is 38.2 Å². The summed E-state index contributed by atoms with van der Waals surface area (Å²) in [6, 6.07) is 6.88. The minimum Gasteiger partial charge on any atom is -0.369 e. The van der Waals surface area contributed by atoms with E-state index in [9.17, 15) is 9.18 Å². The third-order valence-corrected chi connectivity index (χ3v) is 3.98. The number of hydrogen-bond acceptors (Lipinski definition) is 2. The van der Waals surface area contributed by atoms with E-state index in [1.54, 1.807) is 30.0 Å². The summed E-state index contributed by atoms with van der Waals surface area (Å²) in [5.41, 5.74) is 0.567. The first kappa shape index (κ1) is 16.9. The third-order valence-electron chi connectivity index (χ3n) is 3.98. The van der Waals surface area contributed by atoms with E-state index in [2.05, 4.69) is 13.8 Å². The van der Waals surface area contributed by atoms with E-state index in [1.165, 1.54) is 6.07 Å². The molecule has 0 aromatic heterocycles. The Hall–Kier alpha value is -1.42. The lowest BCUT2D eigenvalue weighted by Crippen LogP contribution is -2.40. The van der Waals surface area contributed by atoms with Crippen LogP contribution in [0.4, 0.5) is 4.39 Å². The van der Waals surface area contributed by atoms with Crippen LogP contribution >= 0.6 is 0 Å². The molecule has 1 atom stereocenters. The zero-order chi connectivity index (χ0) is 16.1. The van der Waals surface area contributed by atoms with Gasteiger partial charge in [0.25, 0.3) is 5.91 Å². The molecule has 122 valence electrons. The zero-order valence-electron chi connectivity index (χ0n) is 13.7. The highest BCUT2D eigenvalue weighted by atomic mass is 19.1. The molecule has 0 N–H and O–H groups in total. The summed E-state index contributed by atoms with van der Waals surface area (Å²) in [6.07, 6.45) is 2.47. The van der Waals surface area contributed by atoms with Crippen molar-refractivity contribution in [3.63, 3.8) is 0 Å². The molecule has 1 unspecified atom stereocenters. The van der Waals surface area contributed by atoms with Crippen molar-refractivity contribution in [3.8, 4) is 0 Å². The van der Waals surface area contributed by atoms with Crippen molar-refractivity contribution in [2.45, 2.75) is 58.7 Å². The molecule has 0 heterocycles. The molecule has 1 aromatic carbocycles. The van der Waals surface area contributed by atoms with E-state index >= 15 is 0 Å². The number of halogens is 1. The van der Waals surface area contributed by atoms with E-state index in [4.69, 9.17) is 4.74 Å². The van der Waals surface area contributed by atoms with Crippen molar-refractivity contribution < 1.29 is 13.9 Å². The second-order valence-electron chi connectivity index (χ2n) is 6.48. The smallest absolute Gasteiger partial charge is 0.251 e. The van der Waals surface area contributed by atoms with Gasteiger partial charge in [0.2, 0.25) is 0 Å². The van der Waals surface area contributed by atoms with Crippen LogP contribution in [0, 0.1) is 11.7 Å². The van der Waals surface area contributed by atoms with Crippen LogP contribution in [0.25, 0.3) is 0 Å². The van der Waals surface area contributed by atoms with E-state index in [-0.39, 0.29) is 17.8 Å². The fourth-order valence-electron chi connectivity index (χ4n) is 2.37. The van der Waals surface area contributed by atoms with Crippen molar-refractivity contribution >= 4 is 5.91 Å². The van der Waals surface area contributed by atoms with Gasteiger partial charge in [-0.25, -0.2) is 4.39 Å². The summed E-state index contributed by atoms with van der Waals surface area (Å²) in [4.78, 5) is 14.4. The molecule has 0 radical (unpaired) electrons. The monoisotopic (exact) mass is 307 g/mol. The average Bonchev–Trinajstić information content (AvgIpc) is 3.30. The van der Waals surface area contributed by atoms with Crippen LogP contribution in [-0.2, 0) is 16.1 Å². The molecule has 1 saturated carbocycles. The van der Waals surface area contributed by atoms with Crippen LogP contribution < -0.4 is 0 Å². The highest BCUT2D eigenvalue weighted by Crippen LogP contribution is 2.29. The second-order valence-corrected chi connectivity index (χ2v) is 6.48. The Morgan fingerprint density at radius 1 is 1.32 bits per heavy atom. The molecule has 1 aromatic rings. The molecular weight excluding hydrogens is 281 g/mol. The summed E-state index contributed by atoms with van der Waals surface area (Å²) in [6.45, 7) is 6.96. The van der Waals surface area contributed by atoms with Gasteiger partial charge >= 0.3 is 0 Å². The van der Waals surface area contributed by atoms with Crippen LogP contribution in [0.3, 0.4) is 0 Å². The van der Waals surface area contributed by atoms with Crippen LogP contribution in [0.2, 0.25) is 0 Å². The number of ether oxygens (including phenoxy) is 1. The first-order valence-electron chi connectivity index (χ1n) is 8.14. The van der Waals surface area contributed by atoms with E-state index < -0.39 is 6.10 Å². The fraction of sp³-hybridized carbons (Fsp3) is 0.611. The molecule has 1 amide bonds. The molecule has 0 aliphatic heterocycles. The SMILES string of the molecule is CC(C)CCOC(C)C(=O)N(Cc1ccccc1F)C1CC1. The third kappa shape index (κ3) is 4.80. The maximum Gasteiger partial charge on any atom is 0.251 e. The maximum atomic E-state index is 13.8. The first-order chi connectivity index (χ1) is 10.5. The van der Waals surface area contributed by atoms with E-state index in [1.807, 2.05) is 0 Å². The number of rotatable bonds is 8. The van der Waals surface area contributed by atoms with Crippen molar-refractivity contribution in [1.82, 2.24) is 4.90 Å². The minimum atomic E-state index is -0.467. The molecule has 1 aliphatic rings. The summed E-state index contributed by atoms with van der Waals surface area (Å²) < 4.78 is 19.5. The Morgan fingerprint density at radius 2 is 2.00 bits per heavy atom. The van der Waals surface area contributed by atoms with Gasteiger partial charge in [0, 0.05) is 24.8 Å². The minimum absolute atomic E-state index is 0.0329. The summed E-state index contributed by atoms with van der Waals surface area (Å²) in [7, 11) is 0. The normalized spacial score (nSPS) is 15.9. The Labute approximate surface area is 132 Å². The lowest BCUT2D eigenvalue weighted by atomic mass is 10.1. The van der Waals surface area contributed by atoms with Crippen LogP contribution in [-0.4, -0.2) is 29.6 Å². The van der Waals surface area contributed by atoms with E-state index in [0.29, 0.717) is 24.6 Å². The van der Waals surface area contributed by atoms with Gasteiger partial charge in [-0.1, -0.05) is 32.0 Å². The zero-order valence-corrected chi connectivity index (χ0v) is 13.7. The number of carbonyl (C=O) groups is 1. The Balaban J connectivity index is 1.95. The van der Waals surface area contributed by atoms with Crippen LogP contribution in [0.1, 0.15) is 45.6 Å². The predicted molar refractivity (Wildman–Crippen MR) is 84.8 cm³/mol. The molecule has 1 fully saturated rings. The van der Waals surface area contributed by atoms with Crippen molar-refractivity contribution in [1.29, 1.82) is 0 Å². The summed E-state index contributed by atoms with van der Waals surface area (Å²) >= 11 is 0. The van der Waals surface area contributed by atoms with Crippen molar-refractivity contribution in [2.75, 3.05) is 6.61 Å². The Bertz CT molecular complexity index is 500. The molecule has 22 heavy (non-hydrogen) atoms. The molecule has 1 aliphatic carbocycles. The number of nitrogens with zero attached hydrogens (tertiary/aromatic N) is 1. The Kier molecular flexibility index (Phi) is 5.95. The number of carbonyl (C=O) groups excluding carboxylic acids is 1. The number of amides is 1. The lowest BCUT2D eigenvalue weighted by molar-refractivity contribution is -0.144. The second kappa shape index (κ2) is 7.73. The van der Waals surface area contributed by atoms with Gasteiger partial charge in [0.1, 0.15) is 11.9 Å². The highest BCUT2D eigenvalue weighted by molar-refractivity contribution is 5.81. The standard InChI is InChI=1S/C18H26FNO2/c1-13(2)10-11-22-14(3)18(21)20(16-8-9-16)12-15-6-4-5-7-17(15)19/h4-7,13-14,16H,8-12H2,1-3H3. The fourth-order valence-corrected chi connectivity index (χ4v) is 2.37. The highest BCUT2D eigenvalue weighted by Gasteiger charge is 2.35. The van der Waals surface area contributed by atoms with Gasteiger partial charge < -0.3 is 9.64 Å². The van der Waals surface area contributed by atoms with E-state index in [0.717, 1.165) is 19.3 Å². The average molecular weight is 307 g/mol. The van der Waals surface area contributed by atoms with Gasteiger partial charge in [0.05, 0.1) is 0 Å². The molecule has 0 spiro atoms. The predicted octanol–water partition coefficient (Wildman–Crippen LogP) is 3.77. The van der Waals surface area contributed by atoms with Crippen LogP contribution in [0.15, 0.2) is 24.3 Å². The summed E-state index contributed by atoms with van der Waals surface area (Å²) in [5.74, 6) is 0.268. The van der Waals surface area contributed by atoms with Gasteiger partial charge in [0.15, 0.2) is 0 Å². The molecule has 2 rings (SSSR count). The molecule has 0 bridgehead atoms. The lowest BCUT2D eigenvalue weighted by Gasteiger charge is -2.26. The first-order valence-corrected chi connectivity index (χ1v) is 8.14. The van der Waals surface area contributed by atoms with Crippen molar-refractivity contribution in [3.05, 3.63) is 35.6 Å². The summed E-state index contributed by atoms with van der Waals surface area (Å²) in [5, 5.41) is 0. The maximum absolute atomic E-state index is 13.8. The largest absolute Gasteiger partial charge is 0.369 e. The molecule has 0 saturated heterocycles. The van der Waals surface area contributed by atoms with Gasteiger partial charge in [-0.3, -0.25) is 4.79 Å². The quantitative estimate of drug-likeness (QED) is 0.731. The van der Waals surface area contributed by atoms with Crippen molar-refractivity contribution in [2.24, 2.45) is 5.92 Å². The Morgan fingerprint density at radius 3 is 2.59 bits per heavy atom. The van der Waals surface area contributed by atoms with Gasteiger partial charge in [-0.2, -0.15) is 0 Å².